The number of likely N-dealkylation sites (N-methyl/N-ethyl adjacent to an activating group) is 1. The van der Waals surface area contributed by atoms with Crippen molar-refractivity contribution in [1.82, 2.24) is 14.7 Å². The van der Waals surface area contributed by atoms with Crippen molar-refractivity contribution >= 4 is 11.8 Å². The first-order valence-electron chi connectivity index (χ1n) is 10.0. The van der Waals surface area contributed by atoms with Gasteiger partial charge in [0.25, 0.3) is 5.91 Å². The minimum Gasteiger partial charge on any atom is -0.484 e. The number of rotatable bonds is 5. The van der Waals surface area contributed by atoms with Crippen molar-refractivity contribution in [2.75, 3.05) is 52.4 Å². The van der Waals surface area contributed by atoms with E-state index < -0.39 is 0 Å². The van der Waals surface area contributed by atoms with E-state index in [9.17, 15) is 9.59 Å². The smallest absolute Gasteiger partial charge is 0.260 e. The average molecular weight is 373 g/mol. The van der Waals surface area contributed by atoms with Gasteiger partial charge in [-0.25, -0.2) is 0 Å². The summed E-state index contributed by atoms with van der Waals surface area (Å²) in [5.74, 6) is 1.04. The molecule has 1 aromatic carbocycles. The SMILES string of the molecule is CCN1CCN(C(=O)C2CCN(C(=O)COc3ccc(C)cc3)CC2)CC1. The van der Waals surface area contributed by atoms with E-state index in [1.54, 1.807) is 0 Å². The fourth-order valence-electron chi connectivity index (χ4n) is 3.79. The molecule has 2 fully saturated rings. The Balaban J connectivity index is 1.41. The predicted molar refractivity (Wildman–Crippen MR) is 105 cm³/mol. The molecule has 0 spiro atoms. The minimum absolute atomic E-state index is 0.00182. The second kappa shape index (κ2) is 9.22. The summed E-state index contributed by atoms with van der Waals surface area (Å²) < 4.78 is 5.60. The Morgan fingerprint density at radius 3 is 2.19 bits per heavy atom. The molecule has 2 aliphatic heterocycles. The molecular weight excluding hydrogens is 342 g/mol. The molecule has 2 heterocycles. The number of nitrogens with zero attached hydrogens (tertiary/aromatic N) is 3. The average Bonchev–Trinajstić information content (AvgIpc) is 2.73. The highest BCUT2D eigenvalue weighted by Gasteiger charge is 2.31. The molecule has 0 saturated carbocycles. The van der Waals surface area contributed by atoms with Gasteiger partial charge in [0.15, 0.2) is 6.61 Å². The van der Waals surface area contributed by atoms with Crippen LogP contribution in [0.25, 0.3) is 0 Å². The molecule has 6 nitrogen and oxygen atoms in total. The van der Waals surface area contributed by atoms with Crippen LogP contribution in [0.4, 0.5) is 0 Å². The Kier molecular flexibility index (Phi) is 6.72. The van der Waals surface area contributed by atoms with Gasteiger partial charge in [0.2, 0.25) is 5.91 Å². The van der Waals surface area contributed by atoms with Crippen LogP contribution in [0.3, 0.4) is 0 Å². The number of aryl methyl sites for hydroxylation is 1. The molecule has 1 aromatic rings. The number of carbonyl (C=O) groups excluding carboxylic acids is 2. The summed E-state index contributed by atoms with van der Waals surface area (Å²) in [6.07, 6.45) is 1.51. The highest BCUT2D eigenvalue weighted by Crippen LogP contribution is 2.21. The Morgan fingerprint density at radius 1 is 0.963 bits per heavy atom. The van der Waals surface area contributed by atoms with Crippen LogP contribution in [0, 0.1) is 12.8 Å². The molecule has 2 aliphatic rings. The molecule has 0 aliphatic carbocycles. The van der Waals surface area contributed by atoms with E-state index in [0.29, 0.717) is 18.8 Å². The number of carbonyl (C=O) groups is 2. The zero-order chi connectivity index (χ0) is 19.2. The molecule has 6 heteroatoms. The molecule has 0 bridgehead atoms. The van der Waals surface area contributed by atoms with Crippen LogP contribution in [0.5, 0.6) is 5.75 Å². The van der Waals surface area contributed by atoms with Crippen LogP contribution in [-0.4, -0.2) is 78.9 Å². The van der Waals surface area contributed by atoms with Crippen molar-refractivity contribution in [1.29, 1.82) is 0 Å². The van der Waals surface area contributed by atoms with Gasteiger partial charge >= 0.3 is 0 Å². The Labute approximate surface area is 162 Å². The molecule has 27 heavy (non-hydrogen) atoms. The zero-order valence-corrected chi connectivity index (χ0v) is 16.5. The fraction of sp³-hybridized carbons (Fsp3) is 0.619. The zero-order valence-electron chi connectivity index (χ0n) is 16.5. The van der Waals surface area contributed by atoms with E-state index >= 15 is 0 Å². The number of amides is 2. The lowest BCUT2D eigenvalue weighted by atomic mass is 9.95. The first-order valence-corrected chi connectivity index (χ1v) is 10.0. The van der Waals surface area contributed by atoms with Crippen LogP contribution >= 0.6 is 0 Å². The van der Waals surface area contributed by atoms with Gasteiger partial charge in [-0.1, -0.05) is 24.6 Å². The number of piperazine rings is 1. The van der Waals surface area contributed by atoms with Crippen molar-refractivity contribution in [3.05, 3.63) is 29.8 Å². The number of hydrogen-bond donors (Lipinski definition) is 0. The summed E-state index contributed by atoms with van der Waals surface area (Å²) >= 11 is 0. The summed E-state index contributed by atoms with van der Waals surface area (Å²) in [6, 6.07) is 7.70. The second-order valence-electron chi connectivity index (χ2n) is 7.52. The molecular formula is C21H31N3O3. The van der Waals surface area contributed by atoms with Crippen molar-refractivity contribution < 1.29 is 14.3 Å². The van der Waals surface area contributed by atoms with Gasteiger partial charge in [-0.2, -0.15) is 0 Å². The van der Waals surface area contributed by atoms with E-state index in [2.05, 4.69) is 11.8 Å². The molecule has 0 aromatic heterocycles. The van der Waals surface area contributed by atoms with Gasteiger partial charge in [-0.15, -0.1) is 0 Å². The molecule has 0 N–H and O–H groups in total. The van der Waals surface area contributed by atoms with Gasteiger partial charge in [0.1, 0.15) is 5.75 Å². The van der Waals surface area contributed by atoms with Gasteiger partial charge < -0.3 is 19.4 Å². The molecule has 0 radical (unpaired) electrons. The Hall–Kier alpha value is -2.08. The third-order valence-corrected chi connectivity index (χ3v) is 5.71. The molecule has 3 rings (SSSR count). The number of likely N-dealkylation sites (tertiary alicyclic amines) is 1. The standard InChI is InChI=1S/C21H31N3O3/c1-3-22-12-14-24(15-13-22)21(26)18-8-10-23(11-9-18)20(25)16-27-19-6-4-17(2)5-7-19/h4-7,18H,3,8-16H2,1-2H3. The highest BCUT2D eigenvalue weighted by atomic mass is 16.5. The molecule has 0 atom stereocenters. The lowest BCUT2D eigenvalue weighted by Crippen LogP contribution is -2.52. The topological polar surface area (TPSA) is 53.1 Å². The second-order valence-corrected chi connectivity index (χ2v) is 7.52. The number of hydrogen-bond acceptors (Lipinski definition) is 4. The quantitative estimate of drug-likeness (QED) is 0.790. The van der Waals surface area contributed by atoms with Crippen LogP contribution in [0.1, 0.15) is 25.3 Å². The number of benzene rings is 1. The maximum atomic E-state index is 12.7. The Morgan fingerprint density at radius 2 is 1.59 bits per heavy atom. The summed E-state index contributed by atoms with van der Waals surface area (Å²) in [4.78, 5) is 31.3. The van der Waals surface area contributed by atoms with E-state index in [1.165, 1.54) is 0 Å². The van der Waals surface area contributed by atoms with E-state index in [4.69, 9.17) is 4.74 Å². The third kappa shape index (κ3) is 5.22. The normalized spacial score (nSPS) is 19.2. The maximum absolute atomic E-state index is 12.7. The van der Waals surface area contributed by atoms with Crippen molar-refractivity contribution in [2.24, 2.45) is 5.92 Å². The summed E-state index contributed by atoms with van der Waals surface area (Å²) in [5.41, 5.74) is 1.16. The van der Waals surface area contributed by atoms with Crippen LogP contribution in [0.15, 0.2) is 24.3 Å². The molecule has 148 valence electrons. The van der Waals surface area contributed by atoms with E-state index in [0.717, 1.165) is 51.1 Å². The minimum atomic E-state index is -0.00182. The van der Waals surface area contributed by atoms with Gasteiger partial charge in [-0.3, -0.25) is 9.59 Å². The molecule has 0 unspecified atom stereocenters. The monoisotopic (exact) mass is 373 g/mol. The summed E-state index contributed by atoms with van der Waals surface area (Å²) in [5, 5.41) is 0. The van der Waals surface area contributed by atoms with Gasteiger partial charge in [0, 0.05) is 45.2 Å². The van der Waals surface area contributed by atoms with E-state index in [-0.39, 0.29) is 24.3 Å². The predicted octanol–water partition coefficient (Wildman–Crippen LogP) is 1.78. The first kappa shape index (κ1) is 19.7. The fourth-order valence-corrected chi connectivity index (χ4v) is 3.79. The van der Waals surface area contributed by atoms with Crippen LogP contribution < -0.4 is 4.74 Å². The highest BCUT2D eigenvalue weighted by molar-refractivity contribution is 5.80. The molecule has 2 saturated heterocycles. The van der Waals surface area contributed by atoms with Crippen molar-refractivity contribution in [3.8, 4) is 5.75 Å². The largest absolute Gasteiger partial charge is 0.484 e. The van der Waals surface area contributed by atoms with Crippen molar-refractivity contribution in [3.63, 3.8) is 0 Å². The molecule has 2 amide bonds. The van der Waals surface area contributed by atoms with Crippen LogP contribution in [-0.2, 0) is 9.59 Å². The number of piperidine rings is 1. The van der Waals surface area contributed by atoms with Gasteiger partial charge in [-0.05, 0) is 38.4 Å². The Bertz CT molecular complexity index is 631. The lowest BCUT2D eigenvalue weighted by Gasteiger charge is -2.38. The maximum Gasteiger partial charge on any atom is 0.260 e. The third-order valence-electron chi connectivity index (χ3n) is 5.71. The summed E-state index contributed by atoms with van der Waals surface area (Å²) in [6.45, 7) is 10.2. The summed E-state index contributed by atoms with van der Waals surface area (Å²) in [7, 11) is 0. The van der Waals surface area contributed by atoms with Crippen molar-refractivity contribution in [2.45, 2.75) is 26.7 Å². The van der Waals surface area contributed by atoms with Gasteiger partial charge in [0.05, 0.1) is 0 Å². The first-order chi connectivity index (χ1) is 13.1. The van der Waals surface area contributed by atoms with E-state index in [1.807, 2.05) is 41.0 Å². The lowest BCUT2D eigenvalue weighted by molar-refractivity contribution is -0.142. The number of ether oxygens (including phenoxy) is 1. The van der Waals surface area contributed by atoms with Crippen LogP contribution in [0.2, 0.25) is 0 Å².